The molecule has 0 aliphatic rings. The van der Waals surface area contributed by atoms with Gasteiger partial charge in [-0.1, -0.05) is 56.6 Å². The van der Waals surface area contributed by atoms with Crippen molar-refractivity contribution in [2.75, 3.05) is 0 Å². The SMILES string of the molecule is CC/C(C=O)=C\C/C=C\C/C=C\CCCCCCCC(=O)O. The minimum Gasteiger partial charge on any atom is -0.481 e. The number of aldehydes is 1. The lowest BCUT2D eigenvalue weighted by molar-refractivity contribution is -0.137. The summed E-state index contributed by atoms with van der Waals surface area (Å²) in [5, 5.41) is 8.51. The van der Waals surface area contributed by atoms with Crippen LogP contribution in [0.2, 0.25) is 0 Å². The van der Waals surface area contributed by atoms with Gasteiger partial charge in [-0.15, -0.1) is 0 Å². The highest BCUT2D eigenvalue weighted by molar-refractivity contribution is 5.72. The quantitative estimate of drug-likeness (QED) is 0.207. The number of hydrogen-bond acceptors (Lipinski definition) is 2. The zero-order chi connectivity index (χ0) is 16.5. The molecule has 0 rings (SSSR count). The summed E-state index contributed by atoms with van der Waals surface area (Å²) < 4.78 is 0. The molecule has 0 heterocycles. The van der Waals surface area contributed by atoms with E-state index in [0.717, 1.165) is 56.8 Å². The van der Waals surface area contributed by atoms with Crippen molar-refractivity contribution in [1.82, 2.24) is 0 Å². The molecule has 124 valence electrons. The van der Waals surface area contributed by atoms with Crippen LogP contribution in [-0.4, -0.2) is 17.4 Å². The molecule has 0 saturated carbocycles. The first kappa shape index (κ1) is 20.4. The maximum absolute atomic E-state index is 10.6. The lowest BCUT2D eigenvalue weighted by Gasteiger charge is -1.98. The van der Waals surface area contributed by atoms with E-state index < -0.39 is 5.97 Å². The molecule has 1 N–H and O–H groups in total. The minimum atomic E-state index is -0.691. The van der Waals surface area contributed by atoms with Gasteiger partial charge in [-0.25, -0.2) is 0 Å². The average Bonchev–Trinajstić information content (AvgIpc) is 2.51. The van der Waals surface area contributed by atoms with Crippen LogP contribution in [0.3, 0.4) is 0 Å². The Morgan fingerprint density at radius 1 is 0.909 bits per heavy atom. The topological polar surface area (TPSA) is 54.4 Å². The molecule has 3 heteroatoms. The van der Waals surface area contributed by atoms with Crippen molar-refractivity contribution in [2.45, 2.75) is 71.1 Å². The molecule has 0 aliphatic carbocycles. The maximum atomic E-state index is 10.6. The highest BCUT2D eigenvalue weighted by Gasteiger charge is 1.95. The van der Waals surface area contributed by atoms with Crippen molar-refractivity contribution in [3.05, 3.63) is 36.0 Å². The largest absolute Gasteiger partial charge is 0.481 e. The van der Waals surface area contributed by atoms with Crippen LogP contribution >= 0.6 is 0 Å². The number of carboxylic acid groups (broad SMARTS) is 1. The lowest BCUT2D eigenvalue weighted by Crippen LogP contribution is -1.93. The van der Waals surface area contributed by atoms with E-state index in [0.29, 0.717) is 6.42 Å². The molecule has 0 unspecified atom stereocenters. The fraction of sp³-hybridized carbons (Fsp3) is 0.579. The summed E-state index contributed by atoms with van der Waals surface area (Å²) in [7, 11) is 0. The number of rotatable bonds is 14. The van der Waals surface area contributed by atoms with Gasteiger partial charge in [0.1, 0.15) is 6.29 Å². The van der Waals surface area contributed by atoms with Crippen LogP contribution in [0.5, 0.6) is 0 Å². The molecule has 0 spiro atoms. The molecule has 0 aromatic carbocycles. The lowest BCUT2D eigenvalue weighted by atomic mass is 10.1. The molecule has 0 aromatic heterocycles. The molecule has 0 atom stereocenters. The Morgan fingerprint density at radius 2 is 1.55 bits per heavy atom. The summed E-state index contributed by atoms with van der Waals surface area (Å²) >= 11 is 0. The zero-order valence-electron chi connectivity index (χ0n) is 13.8. The summed E-state index contributed by atoms with van der Waals surface area (Å²) in [6.07, 6.45) is 20.7. The smallest absolute Gasteiger partial charge is 0.303 e. The molecular weight excluding hydrogens is 276 g/mol. The summed E-state index contributed by atoms with van der Waals surface area (Å²) in [5.74, 6) is -0.691. The Balaban J connectivity index is 3.42. The molecule has 3 nitrogen and oxygen atoms in total. The van der Waals surface area contributed by atoms with E-state index in [9.17, 15) is 9.59 Å². The van der Waals surface area contributed by atoms with E-state index in [1.54, 1.807) is 0 Å². The van der Waals surface area contributed by atoms with Gasteiger partial charge in [-0.3, -0.25) is 9.59 Å². The predicted molar refractivity (Wildman–Crippen MR) is 91.9 cm³/mol. The number of carbonyl (C=O) groups excluding carboxylic acids is 1. The predicted octanol–water partition coefficient (Wildman–Crippen LogP) is 5.23. The van der Waals surface area contributed by atoms with Gasteiger partial charge in [-0.05, 0) is 44.1 Å². The van der Waals surface area contributed by atoms with E-state index in [4.69, 9.17) is 5.11 Å². The monoisotopic (exact) mass is 306 g/mol. The molecule has 0 saturated heterocycles. The summed E-state index contributed by atoms with van der Waals surface area (Å²) in [6, 6.07) is 0. The first-order valence-corrected chi connectivity index (χ1v) is 8.36. The summed E-state index contributed by atoms with van der Waals surface area (Å²) in [5.41, 5.74) is 0.864. The van der Waals surface area contributed by atoms with Crippen molar-refractivity contribution < 1.29 is 14.7 Å². The molecule has 0 aromatic rings. The minimum absolute atomic E-state index is 0.300. The van der Waals surface area contributed by atoms with E-state index in [2.05, 4.69) is 24.3 Å². The molecular formula is C19H30O3. The van der Waals surface area contributed by atoms with E-state index in [1.165, 1.54) is 12.8 Å². The highest BCUT2D eigenvalue weighted by atomic mass is 16.4. The number of allylic oxidation sites excluding steroid dienone is 6. The second-order valence-electron chi connectivity index (χ2n) is 5.36. The molecule has 0 amide bonds. The van der Waals surface area contributed by atoms with Gasteiger partial charge in [0.15, 0.2) is 0 Å². The third kappa shape index (κ3) is 14.8. The first-order valence-electron chi connectivity index (χ1n) is 8.36. The van der Waals surface area contributed by atoms with Crippen LogP contribution in [-0.2, 0) is 9.59 Å². The molecule has 0 bridgehead atoms. The van der Waals surface area contributed by atoms with Crippen molar-refractivity contribution >= 4 is 12.3 Å². The molecule has 0 fully saturated rings. The molecule has 0 aliphatic heterocycles. The van der Waals surface area contributed by atoms with Gasteiger partial charge in [0.25, 0.3) is 0 Å². The number of unbranched alkanes of at least 4 members (excludes halogenated alkanes) is 5. The maximum Gasteiger partial charge on any atom is 0.303 e. The third-order valence-corrected chi connectivity index (χ3v) is 3.44. The average molecular weight is 306 g/mol. The normalized spacial score (nSPS) is 12.3. The van der Waals surface area contributed by atoms with Crippen molar-refractivity contribution in [3.8, 4) is 0 Å². The van der Waals surface area contributed by atoms with E-state index in [-0.39, 0.29) is 0 Å². The fourth-order valence-corrected chi connectivity index (χ4v) is 2.05. The molecule has 0 radical (unpaired) electrons. The van der Waals surface area contributed by atoms with Gasteiger partial charge in [0, 0.05) is 6.42 Å². The summed E-state index contributed by atoms with van der Waals surface area (Å²) in [4.78, 5) is 20.9. The van der Waals surface area contributed by atoms with E-state index >= 15 is 0 Å². The Kier molecular flexibility index (Phi) is 14.6. The Bertz CT molecular complexity index is 378. The van der Waals surface area contributed by atoms with Gasteiger partial charge in [0.2, 0.25) is 0 Å². The molecule has 22 heavy (non-hydrogen) atoms. The first-order chi connectivity index (χ1) is 10.7. The van der Waals surface area contributed by atoms with Gasteiger partial charge >= 0.3 is 5.97 Å². The van der Waals surface area contributed by atoms with E-state index in [1.807, 2.05) is 13.0 Å². The highest BCUT2D eigenvalue weighted by Crippen LogP contribution is 2.08. The number of aliphatic carboxylic acids is 1. The zero-order valence-corrected chi connectivity index (χ0v) is 13.8. The van der Waals surface area contributed by atoms with Crippen LogP contribution in [0.15, 0.2) is 36.0 Å². The van der Waals surface area contributed by atoms with Crippen LogP contribution in [0.1, 0.15) is 71.1 Å². The van der Waals surface area contributed by atoms with Gasteiger partial charge in [0.05, 0.1) is 0 Å². The van der Waals surface area contributed by atoms with Crippen LogP contribution < -0.4 is 0 Å². The third-order valence-electron chi connectivity index (χ3n) is 3.44. The van der Waals surface area contributed by atoms with Crippen LogP contribution in [0.25, 0.3) is 0 Å². The number of carbonyl (C=O) groups is 2. The van der Waals surface area contributed by atoms with Crippen LogP contribution in [0.4, 0.5) is 0 Å². The second kappa shape index (κ2) is 15.7. The fourth-order valence-electron chi connectivity index (χ4n) is 2.05. The Labute approximate surface area is 134 Å². The van der Waals surface area contributed by atoms with Crippen molar-refractivity contribution in [2.24, 2.45) is 0 Å². The number of hydrogen-bond donors (Lipinski definition) is 1. The van der Waals surface area contributed by atoms with Crippen LogP contribution in [0, 0.1) is 0 Å². The Hall–Kier alpha value is -1.64. The van der Waals surface area contributed by atoms with Gasteiger partial charge in [-0.2, -0.15) is 0 Å². The van der Waals surface area contributed by atoms with Crippen molar-refractivity contribution in [3.63, 3.8) is 0 Å². The summed E-state index contributed by atoms with van der Waals surface area (Å²) in [6.45, 7) is 1.98. The van der Waals surface area contributed by atoms with Crippen molar-refractivity contribution in [1.29, 1.82) is 0 Å². The number of carboxylic acids is 1. The second-order valence-corrected chi connectivity index (χ2v) is 5.36. The van der Waals surface area contributed by atoms with Gasteiger partial charge < -0.3 is 5.11 Å². The Morgan fingerprint density at radius 3 is 2.23 bits per heavy atom. The standard InChI is InChI=1S/C19H30O3/c1-2-18(17-20)15-13-11-9-7-5-3-4-6-8-10-12-14-16-19(21)22/h3,5,9,11,15,17H,2,4,6-8,10,12-14,16H2,1H3,(H,21,22)/b5-3-,11-9-,18-15+.